The molecule has 1 heterocycles. The molecule has 1 N–H and O–H groups in total. The van der Waals surface area contributed by atoms with Crippen molar-refractivity contribution in [3.63, 3.8) is 0 Å². The molecule has 0 bridgehead atoms. The number of nitrogens with one attached hydrogen (secondary N) is 1. The van der Waals surface area contributed by atoms with Gasteiger partial charge >= 0.3 is 6.03 Å². The second-order valence-corrected chi connectivity index (χ2v) is 5.13. The van der Waals surface area contributed by atoms with E-state index in [-0.39, 0.29) is 18.5 Å². The van der Waals surface area contributed by atoms with Crippen LogP contribution in [0, 0.1) is 6.92 Å². The van der Waals surface area contributed by atoms with Crippen LogP contribution in [-0.2, 0) is 4.79 Å². The predicted octanol–water partition coefficient (Wildman–Crippen LogP) is 1.70. The van der Waals surface area contributed by atoms with Gasteiger partial charge in [-0.1, -0.05) is 18.2 Å². The summed E-state index contributed by atoms with van der Waals surface area (Å²) >= 11 is 0. The van der Waals surface area contributed by atoms with Crippen LogP contribution < -0.4 is 10.1 Å². The number of nitrogens with zero attached hydrogens (tertiary/aromatic N) is 1. The summed E-state index contributed by atoms with van der Waals surface area (Å²) in [5.74, 6) is 0.555. The molecule has 1 aliphatic rings. The van der Waals surface area contributed by atoms with E-state index in [4.69, 9.17) is 4.74 Å². The van der Waals surface area contributed by atoms with Crippen molar-refractivity contribution < 1.29 is 14.3 Å². The highest BCUT2D eigenvalue weighted by Crippen LogP contribution is 2.18. The Morgan fingerprint density at radius 3 is 2.53 bits per heavy atom. The second kappa shape index (κ2) is 4.91. The van der Waals surface area contributed by atoms with Gasteiger partial charge in [-0.3, -0.25) is 9.69 Å². The van der Waals surface area contributed by atoms with Crippen molar-refractivity contribution in [2.75, 3.05) is 13.2 Å². The van der Waals surface area contributed by atoms with Crippen LogP contribution in [0.5, 0.6) is 5.75 Å². The minimum atomic E-state index is -0.820. The number of hydrogen-bond donors (Lipinski definition) is 1. The minimum Gasteiger partial charge on any atom is -0.491 e. The molecule has 2 rings (SSSR count). The highest BCUT2D eigenvalue weighted by Gasteiger charge is 2.43. The number of ether oxygens (including phenoxy) is 1. The Morgan fingerprint density at radius 2 is 1.95 bits per heavy atom. The van der Waals surface area contributed by atoms with Crippen molar-refractivity contribution in [3.8, 4) is 5.75 Å². The molecule has 1 aliphatic heterocycles. The minimum absolute atomic E-state index is 0.217. The molecular formula is C14H18N2O3. The van der Waals surface area contributed by atoms with Gasteiger partial charge in [0.2, 0.25) is 0 Å². The maximum Gasteiger partial charge on any atom is 0.325 e. The fourth-order valence-corrected chi connectivity index (χ4v) is 1.99. The zero-order valence-electron chi connectivity index (χ0n) is 11.4. The first-order valence-electron chi connectivity index (χ1n) is 6.24. The molecule has 1 aromatic carbocycles. The summed E-state index contributed by atoms with van der Waals surface area (Å²) in [5.41, 5.74) is 0.208. The first kappa shape index (κ1) is 13.4. The highest BCUT2D eigenvalue weighted by molar-refractivity contribution is 6.06. The van der Waals surface area contributed by atoms with Gasteiger partial charge in [-0.05, 0) is 32.4 Å². The first-order valence-corrected chi connectivity index (χ1v) is 6.24. The molecule has 0 radical (unpaired) electrons. The molecular weight excluding hydrogens is 244 g/mol. The van der Waals surface area contributed by atoms with Crippen molar-refractivity contribution in [1.29, 1.82) is 0 Å². The van der Waals surface area contributed by atoms with E-state index in [1.807, 2.05) is 31.2 Å². The molecule has 5 nitrogen and oxygen atoms in total. The van der Waals surface area contributed by atoms with E-state index < -0.39 is 5.54 Å². The summed E-state index contributed by atoms with van der Waals surface area (Å²) in [6, 6.07) is 7.28. The second-order valence-electron chi connectivity index (χ2n) is 5.13. The maximum absolute atomic E-state index is 11.9. The highest BCUT2D eigenvalue weighted by atomic mass is 16.5. The monoisotopic (exact) mass is 262 g/mol. The molecule has 19 heavy (non-hydrogen) atoms. The Balaban J connectivity index is 1.92. The Hall–Kier alpha value is -2.04. The number of amides is 3. The molecule has 1 aromatic rings. The van der Waals surface area contributed by atoms with Gasteiger partial charge in [0.05, 0.1) is 6.54 Å². The standard InChI is InChI=1S/C14H18N2O3/c1-10-6-4-5-7-11(10)19-9-8-16-12(17)14(2,3)15-13(16)18/h4-7H,8-9H2,1-3H3,(H,15,18). The normalized spacial score (nSPS) is 17.5. The molecule has 0 saturated carbocycles. The SMILES string of the molecule is Cc1ccccc1OCCN1C(=O)NC(C)(C)C1=O. The largest absolute Gasteiger partial charge is 0.491 e. The third kappa shape index (κ3) is 2.70. The Bertz CT molecular complexity index is 511. The van der Waals surface area contributed by atoms with Gasteiger partial charge in [0.15, 0.2) is 0 Å². The molecule has 1 saturated heterocycles. The zero-order valence-corrected chi connectivity index (χ0v) is 11.4. The average molecular weight is 262 g/mol. The third-order valence-corrected chi connectivity index (χ3v) is 3.11. The van der Waals surface area contributed by atoms with Crippen molar-refractivity contribution in [2.45, 2.75) is 26.3 Å². The smallest absolute Gasteiger partial charge is 0.325 e. The fourth-order valence-electron chi connectivity index (χ4n) is 1.99. The molecule has 3 amide bonds. The number of hydrogen-bond acceptors (Lipinski definition) is 3. The third-order valence-electron chi connectivity index (χ3n) is 3.11. The molecule has 0 atom stereocenters. The van der Waals surface area contributed by atoms with Crippen LogP contribution in [0.4, 0.5) is 4.79 Å². The van der Waals surface area contributed by atoms with Gasteiger partial charge in [0.25, 0.3) is 5.91 Å². The summed E-state index contributed by atoms with van der Waals surface area (Å²) < 4.78 is 5.59. The number of aryl methyl sites for hydroxylation is 1. The summed E-state index contributed by atoms with van der Waals surface area (Å²) in [6.45, 7) is 5.87. The molecule has 0 aromatic heterocycles. The zero-order chi connectivity index (χ0) is 14.0. The van der Waals surface area contributed by atoms with E-state index in [0.717, 1.165) is 11.3 Å². The number of carbonyl (C=O) groups is 2. The van der Waals surface area contributed by atoms with Crippen LogP contribution in [0.2, 0.25) is 0 Å². The number of carbonyl (C=O) groups excluding carboxylic acids is 2. The van der Waals surface area contributed by atoms with Gasteiger partial charge in [-0.2, -0.15) is 0 Å². The molecule has 102 valence electrons. The number of urea groups is 1. The van der Waals surface area contributed by atoms with Gasteiger partial charge in [-0.15, -0.1) is 0 Å². The molecule has 5 heteroatoms. The van der Waals surface area contributed by atoms with Crippen LogP contribution in [0.25, 0.3) is 0 Å². The van der Waals surface area contributed by atoms with Crippen LogP contribution in [-0.4, -0.2) is 35.5 Å². The van der Waals surface area contributed by atoms with Crippen LogP contribution in [0.1, 0.15) is 19.4 Å². The Labute approximate surface area is 112 Å². The topological polar surface area (TPSA) is 58.6 Å². The van der Waals surface area contributed by atoms with Crippen LogP contribution in [0.3, 0.4) is 0 Å². The number of benzene rings is 1. The molecule has 0 spiro atoms. The molecule has 1 fully saturated rings. The molecule has 0 unspecified atom stereocenters. The summed E-state index contributed by atoms with van der Waals surface area (Å²) in [4.78, 5) is 24.8. The van der Waals surface area contributed by atoms with E-state index in [1.54, 1.807) is 13.8 Å². The summed E-state index contributed by atoms with van der Waals surface area (Å²) in [6.07, 6.45) is 0. The van der Waals surface area contributed by atoms with Crippen LogP contribution in [0.15, 0.2) is 24.3 Å². The van der Waals surface area contributed by atoms with Gasteiger partial charge in [-0.25, -0.2) is 4.79 Å². The number of rotatable bonds is 4. The number of para-hydroxylation sites is 1. The lowest BCUT2D eigenvalue weighted by Crippen LogP contribution is -2.40. The summed E-state index contributed by atoms with van der Waals surface area (Å²) in [7, 11) is 0. The van der Waals surface area contributed by atoms with E-state index >= 15 is 0 Å². The van der Waals surface area contributed by atoms with E-state index in [2.05, 4.69) is 5.32 Å². The van der Waals surface area contributed by atoms with E-state index in [0.29, 0.717) is 6.61 Å². The molecule has 0 aliphatic carbocycles. The summed E-state index contributed by atoms with van der Waals surface area (Å²) in [5, 5.41) is 2.63. The van der Waals surface area contributed by atoms with E-state index in [9.17, 15) is 9.59 Å². The first-order chi connectivity index (χ1) is 8.92. The Kier molecular flexibility index (Phi) is 3.46. The lowest BCUT2D eigenvalue weighted by Gasteiger charge is -2.16. The van der Waals surface area contributed by atoms with Crippen molar-refractivity contribution in [1.82, 2.24) is 10.2 Å². The maximum atomic E-state index is 11.9. The quantitative estimate of drug-likeness (QED) is 0.840. The van der Waals surface area contributed by atoms with Crippen LogP contribution >= 0.6 is 0 Å². The van der Waals surface area contributed by atoms with Crippen molar-refractivity contribution in [3.05, 3.63) is 29.8 Å². The number of imide groups is 1. The van der Waals surface area contributed by atoms with Crippen molar-refractivity contribution in [2.24, 2.45) is 0 Å². The Morgan fingerprint density at radius 1 is 1.26 bits per heavy atom. The van der Waals surface area contributed by atoms with Gasteiger partial charge in [0, 0.05) is 0 Å². The fraction of sp³-hybridized carbons (Fsp3) is 0.429. The van der Waals surface area contributed by atoms with E-state index in [1.165, 1.54) is 4.90 Å². The lowest BCUT2D eigenvalue weighted by atomic mass is 10.1. The predicted molar refractivity (Wildman–Crippen MR) is 71.0 cm³/mol. The van der Waals surface area contributed by atoms with Crippen molar-refractivity contribution >= 4 is 11.9 Å². The lowest BCUT2D eigenvalue weighted by molar-refractivity contribution is -0.130. The average Bonchev–Trinajstić information content (AvgIpc) is 2.53. The van der Waals surface area contributed by atoms with Gasteiger partial charge in [0.1, 0.15) is 17.9 Å². The van der Waals surface area contributed by atoms with Gasteiger partial charge < -0.3 is 10.1 Å².